The Bertz CT molecular complexity index is 920. The van der Waals surface area contributed by atoms with Crippen LogP contribution in [0.25, 0.3) is 10.8 Å². The van der Waals surface area contributed by atoms with Crippen LogP contribution in [0.15, 0.2) is 54.6 Å². The maximum Gasteiger partial charge on any atom is 0.259 e. The van der Waals surface area contributed by atoms with Gasteiger partial charge < -0.3 is 9.64 Å². The number of hydrogen-bond donors (Lipinski definition) is 0. The monoisotopic (exact) mass is 317 g/mol. The van der Waals surface area contributed by atoms with Gasteiger partial charge in [-0.05, 0) is 42.5 Å². The van der Waals surface area contributed by atoms with Gasteiger partial charge in [0.2, 0.25) is 0 Å². The highest BCUT2D eigenvalue weighted by Gasteiger charge is 2.29. The van der Waals surface area contributed by atoms with Crippen molar-refractivity contribution in [3.05, 3.63) is 71.3 Å². The number of amides is 1. The largest absolute Gasteiger partial charge is 0.491 e. The average molecular weight is 317 g/mol. The normalized spacial score (nSPS) is 12.9. The van der Waals surface area contributed by atoms with Crippen molar-refractivity contribution in [2.45, 2.75) is 13.8 Å². The average Bonchev–Trinajstić information content (AvgIpc) is 2.85. The highest BCUT2D eigenvalue weighted by molar-refractivity contribution is 6.24. The Morgan fingerprint density at radius 2 is 1.58 bits per heavy atom. The summed E-state index contributed by atoms with van der Waals surface area (Å²) in [6.07, 6.45) is 0. The van der Waals surface area contributed by atoms with Crippen molar-refractivity contribution in [2.24, 2.45) is 0 Å². The second-order valence-corrected chi connectivity index (χ2v) is 6.21. The van der Waals surface area contributed by atoms with Crippen LogP contribution in [0, 0.1) is 13.8 Å². The molecule has 0 spiro atoms. The molecule has 1 aliphatic heterocycles. The second kappa shape index (κ2) is 5.68. The summed E-state index contributed by atoms with van der Waals surface area (Å²) in [5.74, 6) is 0.978. The summed E-state index contributed by atoms with van der Waals surface area (Å²) in [5.41, 5.74) is 4.01. The molecule has 24 heavy (non-hydrogen) atoms. The van der Waals surface area contributed by atoms with Gasteiger partial charge in [0.1, 0.15) is 12.4 Å². The first-order valence-electron chi connectivity index (χ1n) is 8.19. The molecule has 1 aliphatic rings. The number of hydrogen-bond acceptors (Lipinski definition) is 2. The summed E-state index contributed by atoms with van der Waals surface area (Å²) in [6.45, 7) is 5.10. The smallest absolute Gasteiger partial charge is 0.259 e. The van der Waals surface area contributed by atoms with Gasteiger partial charge in [-0.2, -0.15) is 0 Å². The van der Waals surface area contributed by atoms with E-state index in [-0.39, 0.29) is 5.91 Å². The van der Waals surface area contributed by atoms with Crippen LogP contribution in [0.5, 0.6) is 5.75 Å². The number of nitrogens with zero attached hydrogens (tertiary/aromatic N) is 1. The molecule has 1 amide bonds. The molecule has 0 saturated heterocycles. The third-order valence-electron chi connectivity index (χ3n) is 4.62. The Labute approximate surface area is 141 Å². The van der Waals surface area contributed by atoms with Gasteiger partial charge in [0.05, 0.1) is 12.2 Å². The van der Waals surface area contributed by atoms with E-state index in [1.54, 1.807) is 0 Å². The summed E-state index contributed by atoms with van der Waals surface area (Å²) in [5, 5.41) is 2.16. The minimum atomic E-state index is 0.0619. The van der Waals surface area contributed by atoms with Crippen LogP contribution in [0.1, 0.15) is 21.5 Å². The highest BCUT2D eigenvalue weighted by atomic mass is 16.5. The minimum absolute atomic E-state index is 0.0619. The van der Waals surface area contributed by atoms with Gasteiger partial charge in [-0.15, -0.1) is 0 Å². The Balaban J connectivity index is 1.57. The van der Waals surface area contributed by atoms with Gasteiger partial charge in [0, 0.05) is 10.9 Å². The van der Waals surface area contributed by atoms with Gasteiger partial charge in [-0.1, -0.05) is 42.5 Å². The third-order valence-corrected chi connectivity index (χ3v) is 4.62. The number of benzene rings is 3. The van der Waals surface area contributed by atoms with Crippen LogP contribution >= 0.6 is 0 Å². The van der Waals surface area contributed by atoms with E-state index in [9.17, 15) is 4.79 Å². The molecule has 4 rings (SSSR count). The molecule has 0 fully saturated rings. The quantitative estimate of drug-likeness (QED) is 0.709. The fourth-order valence-electron chi connectivity index (χ4n) is 3.47. The first-order chi connectivity index (χ1) is 11.7. The Morgan fingerprint density at radius 3 is 2.33 bits per heavy atom. The van der Waals surface area contributed by atoms with E-state index in [2.05, 4.69) is 0 Å². The maximum atomic E-state index is 12.7. The molecule has 120 valence electrons. The van der Waals surface area contributed by atoms with Crippen LogP contribution in [0.4, 0.5) is 5.69 Å². The molecule has 0 radical (unpaired) electrons. The molecule has 0 aromatic heterocycles. The molecular weight excluding hydrogens is 298 g/mol. The Kier molecular flexibility index (Phi) is 3.49. The fourth-order valence-corrected chi connectivity index (χ4v) is 3.47. The topological polar surface area (TPSA) is 29.5 Å². The Morgan fingerprint density at radius 1 is 0.917 bits per heavy atom. The summed E-state index contributed by atoms with van der Waals surface area (Å²) >= 11 is 0. The molecule has 3 heteroatoms. The molecule has 0 unspecified atom stereocenters. The SMILES string of the molecule is Cc1cccc(C)c1OCCN1C(=O)c2cccc3cccc1c23. The van der Waals surface area contributed by atoms with E-state index >= 15 is 0 Å². The zero-order valence-corrected chi connectivity index (χ0v) is 13.9. The van der Waals surface area contributed by atoms with Gasteiger partial charge in [-0.3, -0.25) is 4.79 Å². The van der Waals surface area contributed by atoms with E-state index in [1.807, 2.05) is 73.3 Å². The number of aryl methyl sites for hydroxylation is 2. The number of anilines is 1. The van der Waals surface area contributed by atoms with Crippen molar-refractivity contribution >= 4 is 22.4 Å². The summed E-state index contributed by atoms with van der Waals surface area (Å²) in [6, 6.07) is 18.1. The number of ether oxygens (including phenoxy) is 1. The van der Waals surface area contributed by atoms with Crippen LogP contribution in [0.3, 0.4) is 0 Å². The number of carbonyl (C=O) groups is 1. The Hall–Kier alpha value is -2.81. The standard InChI is InChI=1S/C21H19NO2/c1-14-6-3-7-15(2)20(14)24-13-12-22-18-11-5-9-16-8-4-10-17(19(16)18)21(22)23/h3-11H,12-13H2,1-2H3. The zero-order valence-electron chi connectivity index (χ0n) is 13.9. The molecule has 0 N–H and O–H groups in total. The van der Waals surface area contributed by atoms with E-state index in [0.29, 0.717) is 13.2 Å². The molecular formula is C21H19NO2. The lowest BCUT2D eigenvalue weighted by Gasteiger charge is -2.19. The maximum absolute atomic E-state index is 12.7. The van der Waals surface area contributed by atoms with Gasteiger partial charge in [0.25, 0.3) is 5.91 Å². The summed E-state index contributed by atoms with van der Waals surface area (Å²) in [7, 11) is 0. The molecule has 0 bridgehead atoms. The number of carbonyl (C=O) groups excluding carboxylic acids is 1. The van der Waals surface area contributed by atoms with Crippen LogP contribution < -0.4 is 9.64 Å². The number of para-hydroxylation sites is 1. The van der Waals surface area contributed by atoms with Crippen molar-refractivity contribution in [2.75, 3.05) is 18.1 Å². The second-order valence-electron chi connectivity index (χ2n) is 6.21. The van der Waals surface area contributed by atoms with E-state index in [4.69, 9.17) is 4.74 Å². The molecule has 0 saturated carbocycles. The van der Waals surface area contributed by atoms with E-state index < -0.39 is 0 Å². The van der Waals surface area contributed by atoms with Crippen molar-refractivity contribution in [3.63, 3.8) is 0 Å². The predicted molar refractivity (Wildman–Crippen MR) is 97.0 cm³/mol. The van der Waals surface area contributed by atoms with Crippen LogP contribution in [0.2, 0.25) is 0 Å². The molecule has 3 aromatic carbocycles. The van der Waals surface area contributed by atoms with Crippen molar-refractivity contribution in [1.29, 1.82) is 0 Å². The molecule has 0 atom stereocenters. The first kappa shape index (κ1) is 14.8. The lowest BCUT2D eigenvalue weighted by Crippen LogP contribution is -2.31. The molecule has 1 heterocycles. The van der Waals surface area contributed by atoms with Crippen molar-refractivity contribution in [3.8, 4) is 5.75 Å². The molecule has 0 aliphatic carbocycles. The molecule has 3 aromatic rings. The lowest BCUT2D eigenvalue weighted by molar-refractivity contribution is 0.0989. The van der Waals surface area contributed by atoms with Crippen LogP contribution in [-0.2, 0) is 0 Å². The number of rotatable bonds is 4. The molecule has 3 nitrogen and oxygen atoms in total. The van der Waals surface area contributed by atoms with Crippen molar-refractivity contribution in [1.82, 2.24) is 0 Å². The van der Waals surface area contributed by atoms with Gasteiger partial charge in [-0.25, -0.2) is 0 Å². The first-order valence-corrected chi connectivity index (χ1v) is 8.19. The third kappa shape index (κ3) is 2.24. The van der Waals surface area contributed by atoms with Gasteiger partial charge >= 0.3 is 0 Å². The minimum Gasteiger partial charge on any atom is -0.491 e. The van der Waals surface area contributed by atoms with Crippen LogP contribution in [-0.4, -0.2) is 19.1 Å². The zero-order chi connectivity index (χ0) is 16.7. The van der Waals surface area contributed by atoms with E-state index in [1.165, 1.54) is 0 Å². The van der Waals surface area contributed by atoms with Crippen molar-refractivity contribution < 1.29 is 9.53 Å². The summed E-state index contributed by atoms with van der Waals surface area (Å²) in [4.78, 5) is 14.5. The van der Waals surface area contributed by atoms with E-state index in [0.717, 1.165) is 38.9 Å². The lowest BCUT2D eigenvalue weighted by atomic mass is 10.1. The summed E-state index contributed by atoms with van der Waals surface area (Å²) < 4.78 is 5.98. The predicted octanol–water partition coefficient (Wildman–Crippen LogP) is 4.50. The van der Waals surface area contributed by atoms with Gasteiger partial charge in [0.15, 0.2) is 0 Å². The highest BCUT2D eigenvalue weighted by Crippen LogP contribution is 2.37. The fraction of sp³-hybridized carbons (Fsp3) is 0.190.